The summed E-state index contributed by atoms with van der Waals surface area (Å²) in [5, 5.41) is 2.68. The van der Waals surface area contributed by atoms with Gasteiger partial charge in [0, 0.05) is 18.2 Å². The molecular weight excluding hydrogens is 178 g/mol. The second kappa shape index (κ2) is 4.05. The van der Waals surface area contributed by atoms with E-state index >= 15 is 0 Å². The molecule has 0 aliphatic carbocycles. The van der Waals surface area contributed by atoms with Crippen LogP contribution in [0.2, 0.25) is 0 Å². The first kappa shape index (κ1) is 10.4. The Bertz CT molecular complexity index is 360. The minimum Gasteiger partial charge on any atom is -0.326 e. The SMILES string of the molecule is CC(=O)Nc1cc(C)c(C=O)c(C)c1. The van der Waals surface area contributed by atoms with E-state index in [2.05, 4.69) is 5.32 Å². The predicted octanol–water partition coefficient (Wildman–Crippen LogP) is 2.07. The average Bonchev–Trinajstić information content (AvgIpc) is 2.01. The second-order valence-corrected chi connectivity index (χ2v) is 3.32. The number of amides is 1. The molecule has 14 heavy (non-hydrogen) atoms. The zero-order valence-corrected chi connectivity index (χ0v) is 8.55. The second-order valence-electron chi connectivity index (χ2n) is 3.32. The van der Waals surface area contributed by atoms with Gasteiger partial charge in [0.25, 0.3) is 0 Å². The van der Waals surface area contributed by atoms with E-state index in [1.54, 1.807) is 12.1 Å². The Labute approximate surface area is 83.1 Å². The van der Waals surface area contributed by atoms with E-state index in [1.807, 2.05) is 13.8 Å². The van der Waals surface area contributed by atoms with Gasteiger partial charge in [-0.1, -0.05) is 0 Å². The van der Waals surface area contributed by atoms with Gasteiger partial charge in [0.2, 0.25) is 5.91 Å². The molecule has 0 atom stereocenters. The number of anilines is 1. The first-order chi connectivity index (χ1) is 6.54. The maximum absolute atomic E-state index is 10.8. The van der Waals surface area contributed by atoms with E-state index in [9.17, 15) is 9.59 Å². The highest BCUT2D eigenvalue weighted by Crippen LogP contribution is 2.18. The van der Waals surface area contributed by atoms with E-state index in [4.69, 9.17) is 0 Å². The van der Waals surface area contributed by atoms with Crippen molar-refractivity contribution in [2.75, 3.05) is 5.32 Å². The van der Waals surface area contributed by atoms with Crippen LogP contribution in [0, 0.1) is 13.8 Å². The lowest BCUT2D eigenvalue weighted by Gasteiger charge is -2.08. The molecule has 3 heteroatoms. The van der Waals surface area contributed by atoms with Crippen molar-refractivity contribution in [1.82, 2.24) is 0 Å². The number of aldehydes is 1. The number of benzene rings is 1. The number of nitrogens with one attached hydrogen (secondary N) is 1. The lowest BCUT2D eigenvalue weighted by molar-refractivity contribution is -0.114. The van der Waals surface area contributed by atoms with E-state index in [1.165, 1.54) is 6.92 Å². The van der Waals surface area contributed by atoms with E-state index in [-0.39, 0.29) is 5.91 Å². The van der Waals surface area contributed by atoms with Crippen LogP contribution in [0.3, 0.4) is 0 Å². The summed E-state index contributed by atoms with van der Waals surface area (Å²) in [5.41, 5.74) is 3.18. The highest BCUT2D eigenvalue weighted by molar-refractivity contribution is 5.90. The van der Waals surface area contributed by atoms with Gasteiger partial charge in [0.05, 0.1) is 0 Å². The Balaban J connectivity index is 3.13. The molecule has 0 fully saturated rings. The highest BCUT2D eigenvalue weighted by Gasteiger charge is 2.04. The molecule has 3 nitrogen and oxygen atoms in total. The summed E-state index contributed by atoms with van der Waals surface area (Å²) in [7, 11) is 0. The van der Waals surface area contributed by atoms with Crippen LogP contribution in [-0.4, -0.2) is 12.2 Å². The molecular formula is C11H13NO2. The van der Waals surface area contributed by atoms with Crippen LogP contribution in [0.5, 0.6) is 0 Å². The minimum atomic E-state index is -0.109. The van der Waals surface area contributed by atoms with Crippen molar-refractivity contribution in [2.45, 2.75) is 20.8 Å². The molecule has 1 amide bonds. The molecule has 0 saturated carbocycles. The van der Waals surface area contributed by atoms with Crippen LogP contribution < -0.4 is 5.32 Å². The molecule has 0 saturated heterocycles. The van der Waals surface area contributed by atoms with Crippen molar-refractivity contribution in [3.63, 3.8) is 0 Å². The largest absolute Gasteiger partial charge is 0.326 e. The zero-order chi connectivity index (χ0) is 10.7. The van der Waals surface area contributed by atoms with Crippen molar-refractivity contribution in [3.8, 4) is 0 Å². The van der Waals surface area contributed by atoms with Crippen LogP contribution >= 0.6 is 0 Å². The summed E-state index contributed by atoms with van der Waals surface area (Å²) in [4.78, 5) is 21.5. The highest BCUT2D eigenvalue weighted by atomic mass is 16.1. The normalized spacial score (nSPS) is 9.64. The Hall–Kier alpha value is -1.64. The molecule has 1 N–H and O–H groups in total. The minimum absolute atomic E-state index is 0.109. The summed E-state index contributed by atoms with van der Waals surface area (Å²) in [6, 6.07) is 3.58. The molecule has 0 aliphatic rings. The lowest BCUT2D eigenvalue weighted by Crippen LogP contribution is -2.07. The van der Waals surface area contributed by atoms with Gasteiger partial charge in [0.15, 0.2) is 6.29 Å². The zero-order valence-electron chi connectivity index (χ0n) is 8.55. The van der Waals surface area contributed by atoms with Gasteiger partial charge in [-0.3, -0.25) is 9.59 Å². The van der Waals surface area contributed by atoms with E-state index in [0.29, 0.717) is 5.56 Å². The number of carbonyl (C=O) groups excluding carboxylic acids is 2. The molecule has 0 aromatic heterocycles. The van der Waals surface area contributed by atoms with E-state index in [0.717, 1.165) is 23.1 Å². The fourth-order valence-corrected chi connectivity index (χ4v) is 1.44. The van der Waals surface area contributed by atoms with E-state index < -0.39 is 0 Å². The summed E-state index contributed by atoms with van der Waals surface area (Å²) in [6.07, 6.45) is 0.836. The van der Waals surface area contributed by atoms with Crippen molar-refractivity contribution in [1.29, 1.82) is 0 Å². The average molecular weight is 191 g/mol. The molecule has 0 heterocycles. The molecule has 0 aliphatic heterocycles. The van der Waals surface area contributed by atoms with Gasteiger partial charge in [0.1, 0.15) is 0 Å². The summed E-state index contributed by atoms with van der Waals surface area (Å²) in [6.45, 7) is 5.16. The number of hydrogen-bond donors (Lipinski definition) is 1. The quantitative estimate of drug-likeness (QED) is 0.727. The van der Waals surface area contributed by atoms with Crippen LogP contribution in [-0.2, 0) is 4.79 Å². The standard InChI is InChI=1S/C11H13NO2/c1-7-4-10(12-9(3)14)5-8(2)11(7)6-13/h4-6H,1-3H3,(H,12,14). The van der Waals surface area contributed by atoms with Crippen LogP contribution in [0.15, 0.2) is 12.1 Å². The fourth-order valence-electron chi connectivity index (χ4n) is 1.44. The third-order valence-corrected chi connectivity index (χ3v) is 2.03. The maximum atomic E-state index is 10.8. The third kappa shape index (κ3) is 2.19. The first-order valence-corrected chi connectivity index (χ1v) is 4.38. The van der Waals surface area contributed by atoms with Crippen LogP contribution in [0.25, 0.3) is 0 Å². The van der Waals surface area contributed by atoms with Gasteiger partial charge in [-0.15, -0.1) is 0 Å². The lowest BCUT2D eigenvalue weighted by atomic mass is 10.0. The Morgan fingerprint density at radius 2 is 1.79 bits per heavy atom. The molecule has 74 valence electrons. The Kier molecular flexibility index (Phi) is 3.02. The Morgan fingerprint density at radius 3 is 2.14 bits per heavy atom. The molecule has 0 radical (unpaired) electrons. The summed E-state index contributed by atoms with van der Waals surface area (Å²) in [5.74, 6) is -0.109. The van der Waals surface area contributed by atoms with Crippen molar-refractivity contribution < 1.29 is 9.59 Å². The van der Waals surface area contributed by atoms with Crippen molar-refractivity contribution >= 4 is 17.9 Å². The van der Waals surface area contributed by atoms with Crippen molar-refractivity contribution in [3.05, 3.63) is 28.8 Å². The topological polar surface area (TPSA) is 46.2 Å². The van der Waals surface area contributed by atoms with Gasteiger partial charge in [-0.05, 0) is 37.1 Å². The van der Waals surface area contributed by atoms with Gasteiger partial charge in [-0.25, -0.2) is 0 Å². The van der Waals surface area contributed by atoms with Gasteiger partial charge in [-0.2, -0.15) is 0 Å². The molecule has 1 aromatic carbocycles. The fraction of sp³-hybridized carbons (Fsp3) is 0.273. The third-order valence-electron chi connectivity index (χ3n) is 2.03. The van der Waals surface area contributed by atoms with Crippen molar-refractivity contribution in [2.24, 2.45) is 0 Å². The first-order valence-electron chi connectivity index (χ1n) is 4.38. The smallest absolute Gasteiger partial charge is 0.221 e. The van der Waals surface area contributed by atoms with Gasteiger partial charge < -0.3 is 5.32 Å². The van der Waals surface area contributed by atoms with Crippen LogP contribution in [0.4, 0.5) is 5.69 Å². The number of aryl methyl sites for hydroxylation is 2. The predicted molar refractivity (Wildman–Crippen MR) is 55.6 cm³/mol. The maximum Gasteiger partial charge on any atom is 0.221 e. The molecule has 0 unspecified atom stereocenters. The Morgan fingerprint density at radius 1 is 1.29 bits per heavy atom. The number of rotatable bonds is 2. The molecule has 0 spiro atoms. The summed E-state index contributed by atoms with van der Waals surface area (Å²) >= 11 is 0. The summed E-state index contributed by atoms with van der Waals surface area (Å²) < 4.78 is 0. The molecule has 1 aromatic rings. The molecule has 0 bridgehead atoms. The number of hydrogen-bond acceptors (Lipinski definition) is 2. The monoisotopic (exact) mass is 191 g/mol. The van der Waals surface area contributed by atoms with Gasteiger partial charge >= 0.3 is 0 Å². The molecule has 1 rings (SSSR count). The number of carbonyl (C=O) groups is 2. The van der Waals surface area contributed by atoms with Crippen LogP contribution in [0.1, 0.15) is 28.4 Å².